The van der Waals surface area contributed by atoms with Crippen LogP contribution < -0.4 is 0 Å². The van der Waals surface area contributed by atoms with Gasteiger partial charge in [-0.25, -0.2) is 4.98 Å². The van der Waals surface area contributed by atoms with E-state index in [9.17, 15) is 4.79 Å². The molecule has 1 rings (SSSR count). The predicted octanol–water partition coefficient (Wildman–Crippen LogP) is 2.98. The molecule has 1 aromatic rings. The lowest BCUT2D eigenvalue weighted by Gasteiger charge is -2.12. The number of nitrogens with zero attached hydrogens (tertiary/aromatic N) is 2. The van der Waals surface area contributed by atoms with E-state index in [0.29, 0.717) is 5.92 Å². The Labute approximate surface area is 106 Å². The van der Waals surface area contributed by atoms with E-state index in [1.807, 2.05) is 6.20 Å². The molecule has 0 aliphatic rings. The standard InChI is InChI=1S/C12H20N2O2S/c1-4-5-6-14-10(9(2)3)7-13-12(14)17-8-11(15)16/h7,9H,4-6,8H2,1-3H3,(H,15,16). The molecule has 0 aliphatic carbocycles. The van der Waals surface area contributed by atoms with Crippen LogP contribution in [-0.2, 0) is 11.3 Å². The van der Waals surface area contributed by atoms with Crippen LogP contribution in [0.1, 0.15) is 45.2 Å². The molecular weight excluding hydrogens is 236 g/mol. The summed E-state index contributed by atoms with van der Waals surface area (Å²) in [6.45, 7) is 7.33. The van der Waals surface area contributed by atoms with Gasteiger partial charge in [0.15, 0.2) is 5.16 Å². The van der Waals surface area contributed by atoms with Crippen LogP contribution >= 0.6 is 11.8 Å². The van der Waals surface area contributed by atoms with E-state index in [-0.39, 0.29) is 5.75 Å². The Morgan fingerprint density at radius 2 is 2.29 bits per heavy atom. The summed E-state index contributed by atoms with van der Waals surface area (Å²) < 4.78 is 2.15. The van der Waals surface area contributed by atoms with Gasteiger partial charge in [0.2, 0.25) is 0 Å². The lowest BCUT2D eigenvalue weighted by atomic mass is 10.1. The zero-order valence-electron chi connectivity index (χ0n) is 10.6. The molecule has 5 heteroatoms. The van der Waals surface area contributed by atoms with E-state index in [2.05, 4.69) is 30.3 Å². The molecule has 1 aromatic heterocycles. The molecule has 0 saturated heterocycles. The van der Waals surface area contributed by atoms with E-state index in [4.69, 9.17) is 5.11 Å². The Morgan fingerprint density at radius 3 is 2.82 bits per heavy atom. The number of hydrogen-bond donors (Lipinski definition) is 1. The fourth-order valence-electron chi connectivity index (χ4n) is 1.61. The molecule has 4 nitrogen and oxygen atoms in total. The molecule has 1 heterocycles. The molecule has 0 amide bonds. The molecule has 0 radical (unpaired) electrons. The first kappa shape index (κ1) is 14.1. The molecule has 0 saturated carbocycles. The summed E-state index contributed by atoms with van der Waals surface area (Å²) in [6.07, 6.45) is 4.08. The number of imidazole rings is 1. The van der Waals surface area contributed by atoms with Crippen molar-refractivity contribution in [1.29, 1.82) is 0 Å². The smallest absolute Gasteiger partial charge is 0.313 e. The molecular formula is C12H20N2O2S. The van der Waals surface area contributed by atoms with Gasteiger partial charge in [-0.05, 0) is 12.3 Å². The van der Waals surface area contributed by atoms with Crippen LogP contribution in [0.4, 0.5) is 0 Å². The van der Waals surface area contributed by atoms with E-state index < -0.39 is 5.97 Å². The fraction of sp³-hybridized carbons (Fsp3) is 0.667. The van der Waals surface area contributed by atoms with Crippen LogP contribution in [0.3, 0.4) is 0 Å². The third kappa shape index (κ3) is 4.07. The van der Waals surface area contributed by atoms with Gasteiger partial charge in [-0.1, -0.05) is 39.0 Å². The van der Waals surface area contributed by atoms with Crippen LogP contribution in [-0.4, -0.2) is 26.4 Å². The zero-order chi connectivity index (χ0) is 12.8. The highest BCUT2D eigenvalue weighted by molar-refractivity contribution is 7.99. The minimum Gasteiger partial charge on any atom is -0.481 e. The van der Waals surface area contributed by atoms with E-state index in [1.54, 1.807) is 0 Å². The van der Waals surface area contributed by atoms with Crippen LogP contribution in [0.25, 0.3) is 0 Å². The molecule has 0 unspecified atom stereocenters. The van der Waals surface area contributed by atoms with E-state index in [0.717, 1.165) is 24.5 Å². The summed E-state index contributed by atoms with van der Waals surface area (Å²) >= 11 is 1.30. The van der Waals surface area contributed by atoms with Crippen LogP contribution in [0.15, 0.2) is 11.4 Å². The first-order valence-corrected chi connectivity index (χ1v) is 6.94. The summed E-state index contributed by atoms with van der Waals surface area (Å²) in [4.78, 5) is 14.9. The summed E-state index contributed by atoms with van der Waals surface area (Å²) in [7, 11) is 0. The normalized spacial score (nSPS) is 11.1. The Balaban J connectivity index is 2.83. The van der Waals surface area contributed by atoms with Gasteiger partial charge in [0, 0.05) is 18.4 Å². The maximum absolute atomic E-state index is 10.6. The van der Waals surface area contributed by atoms with Gasteiger partial charge in [-0.2, -0.15) is 0 Å². The minimum absolute atomic E-state index is 0.0701. The molecule has 0 bridgehead atoms. The highest BCUT2D eigenvalue weighted by atomic mass is 32.2. The second-order valence-corrected chi connectivity index (χ2v) is 5.25. The number of carbonyl (C=O) groups is 1. The summed E-state index contributed by atoms with van der Waals surface area (Å²) in [6, 6.07) is 0. The van der Waals surface area contributed by atoms with Gasteiger partial charge in [0.1, 0.15) is 0 Å². The quantitative estimate of drug-likeness (QED) is 0.762. The number of aromatic nitrogens is 2. The van der Waals surface area contributed by atoms with Crippen molar-refractivity contribution in [3.8, 4) is 0 Å². The highest BCUT2D eigenvalue weighted by Crippen LogP contribution is 2.23. The van der Waals surface area contributed by atoms with Gasteiger partial charge >= 0.3 is 5.97 Å². The molecule has 96 valence electrons. The lowest BCUT2D eigenvalue weighted by molar-refractivity contribution is -0.133. The monoisotopic (exact) mass is 256 g/mol. The number of aliphatic carboxylic acids is 1. The van der Waals surface area contributed by atoms with E-state index >= 15 is 0 Å². The largest absolute Gasteiger partial charge is 0.481 e. The van der Waals surface area contributed by atoms with Crippen LogP contribution in [0.5, 0.6) is 0 Å². The van der Waals surface area contributed by atoms with Gasteiger partial charge < -0.3 is 9.67 Å². The second-order valence-electron chi connectivity index (χ2n) is 4.31. The number of carboxylic acids is 1. The molecule has 0 aromatic carbocycles. The van der Waals surface area contributed by atoms with Crippen molar-refractivity contribution in [3.63, 3.8) is 0 Å². The Bertz CT molecular complexity index is 375. The SMILES string of the molecule is CCCCn1c(C(C)C)cnc1SCC(=O)O. The Kier molecular flexibility index (Phi) is 5.55. The average molecular weight is 256 g/mol. The number of hydrogen-bond acceptors (Lipinski definition) is 3. The first-order chi connectivity index (χ1) is 8.06. The highest BCUT2D eigenvalue weighted by Gasteiger charge is 2.13. The Hall–Kier alpha value is -0.970. The van der Waals surface area contributed by atoms with Crippen LogP contribution in [0, 0.1) is 0 Å². The van der Waals surface area contributed by atoms with Crippen molar-refractivity contribution in [3.05, 3.63) is 11.9 Å². The van der Waals surface area contributed by atoms with Crippen LogP contribution in [0.2, 0.25) is 0 Å². The van der Waals surface area contributed by atoms with Crippen molar-refractivity contribution in [2.45, 2.75) is 51.2 Å². The van der Waals surface area contributed by atoms with Crippen molar-refractivity contribution < 1.29 is 9.90 Å². The minimum atomic E-state index is -0.800. The maximum Gasteiger partial charge on any atom is 0.313 e. The van der Waals surface area contributed by atoms with Crippen molar-refractivity contribution in [1.82, 2.24) is 9.55 Å². The van der Waals surface area contributed by atoms with Gasteiger partial charge in [-0.3, -0.25) is 4.79 Å². The molecule has 0 aliphatic heterocycles. The fourth-order valence-corrected chi connectivity index (χ4v) is 2.35. The van der Waals surface area contributed by atoms with Gasteiger partial charge in [-0.15, -0.1) is 0 Å². The topological polar surface area (TPSA) is 55.1 Å². The summed E-state index contributed by atoms with van der Waals surface area (Å²) in [5.41, 5.74) is 1.19. The van der Waals surface area contributed by atoms with Crippen molar-refractivity contribution in [2.24, 2.45) is 0 Å². The predicted molar refractivity (Wildman–Crippen MR) is 69.6 cm³/mol. The molecule has 0 spiro atoms. The Morgan fingerprint density at radius 1 is 1.59 bits per heavy atom. The van der Waals surface area contributed by atoms with Crippen molar-refractivity contribution in [2.75, 3.05) is 5.75 Å². The summed E-state index contributed by atoms with van der Waals surface area (Å²) in [5.74, 6) is -0.314. The number of rotatable bonds is 7. The van der Waals surface area contributed by atoms with Crippen molar-refractivity contribution >= 4 is 17.7 Å². The van der Waals surface area contributed by atoms with E-state index in [1.165, 1.54) is 17.5 Å². The molecule has 1 N–H and O–H groups in total. The molecule has 0 fully saturated rings. The van der Waals surface area contributed by atoms with Gasteiger partial charge in [0.25, 0.3) is 0 Å². The average Bonchev–Trinajstić information content (AvgIpc) is 2.66. The number of thioether (sulfide) groups is 1. The number of unbranched alkanes of at least 4 members (excludes halogenated alkanes) is 1. The number of carboxylic acid groups (broad SMARTS) is 1. The third-order valence-corrected chi connectivity index (χ3v) is 3.48. The summed E-state index contributed by atoms with van der Waals surface area (Å²) in [5, 5.41) is 9.52. The second kappa shape index (κ2) is 6.69. The molecule has 0 atom stereocenters. The molecule has 17 heavy (non-hydrogen) atoms. The van der Waals surface area contributed by atoms with Gasteiger partial charge in [0.05, 0.1) is 5.75 Å². The maximum atomic E-state index is 10.6. The lowest BCUT2D eigenvalue weighted by Crippen LogP contribution is -2.07. The third-order valence-electron chi connectivity index (χ3n) is 2.50. The zero-order valence-corrected chi connectivity index (χ0v) is 11.5. The first-order valence-electron chi connectivity index (χ1n) is 5.96.